The molecular formula is C24H26ClN5O4. The van der Waals surface area contributed by atoms with E-state index in [-0.39, 0.29) is 5.02 Å². The van der Waals surface area contributed by atoms with E-state index in [2.05, 4.69) is 10.4 Å². The lowest BCUT2D eigenvalue weighted by molar-refractivity contribution is 0.0595. The molecule has 1 amide bonds. The molecule has 1 aliphatic heterocycles. The first kappa shape index (κ1) is 23.6. The standard InChI is InChI=1S/C24H26ClN5O4/c1-29(18-8-10-20(11-9-18)34-24(26)32)17-4-6-19(7-5-17)30-23(31)22(25)21(14-28-30)27-13-16-3-2-12-33-15-16/h4-11,14,16,27H,2-3,12-13,15H2,1H3,(H2,26,32)/t16-/m1/s1. The minimum atomic E-state index is -0.858. The number of primary amides is 1. The van der Waals surface area contributed by atoms with Gasteiger partial charge in [0.05, 0.1) is 24.2 Å². The maximum atomic E-state index is 12.8. The van der Waals surface area contributed by atoms with Crippen LogP contribution in [0.3, 0.4) is 0 Å². The third kappa shape index (κ3) is 5.49. The number of nitrogens with zero attached hydrogens (tertiary/aromatic N) is 3. The van der Waals surface area contributed by atoms with Crippen molar-refractivity contribution >= 4 is 34.8 Å². The number of nitrogens with two attached hydrogens (primary N) is 1. The lowest BCUT2D eigenvalue weighted by Gasteiger charge is -2.23. The van der Waals surface area contributed by atoms with Crippen molar-refractivity contribution in [3.63, 3.8) is 0 Å². The van der Waals surface area contributed by atoms with Gasteiger partial charge in [-0.3, -0.25) is 4.79 Å². The number of hydrogen-bond acceptors (Lipinski definition) is 7. The third-order valence-corrected chi connectivity index (χ3v) is 6.04. The highest BCUT2D eigenvalue weighted by Crippen LogP contribution is 2.26. The van der Waals surface area contributed by atoms with Gasteiger partial charge in [0, 0.05) is 31.6 Å². The Kier molecular flexibility index (Phi) is 7.34. The van der Waals surface area contributed by atoms with Crippen LogP contribution in [0.25, 0.3) is 5.69 Å². The van der Waals surface area contributed by atoms with E-state index < -0.39 is 11.7 Å². The second kappa shape index (κ2) is 10.6. The molecule has 0 aliphatic carbocycles. The molecule has 3 aromatic rings. The average molecular weight is 484 g/mol. The lowest BCUT2D eigenvalue weighted by atomic mass is 10.0. The summed E-state index contributed by atoms with van der Waals surface area (Å²) in [7, 11) is 1.90. The van der Waals surface area contributed by atoms with Gasteiger partial charge in [-0.05, 0) is 67.3 Å². The van der Waals surface area contributed by atoms with Crippen LogP contribution in [-0.4, -0.2) is 42.7 Å². The van der Waals surface area contributed by atoms with Crippen LogP contribution in [0.5, 0.6) is 5.75 Å². The topological polar surface area (TPSA) is 112 Å². The Labute approximate surface area is 202 Å². The second-order valence-corrected chi connectivity index (χ2v) is 8.42. The number of anilines is 3. The maximum absolute atomic E-state index is 12.8. The van der Waals surface area contributed by atoms with Gasteiger partial charge in [0.25, 0.3) is 5.56 Å². The summed E-state index contributed by atoms with van der Waals surface area (Å²) in [5, 5.41) is 7.63. The molecule has 1 saturated heterocycles. The smallest absolute Gasteiger partial charge is 0.409 e. The molecule has 34 heavy (non-hydrogen) atoms. The van der Waals surface area contributed by atoms with Crippen molar-refractivity contribution in [2.24, 2.45) is 11.7 Å². The summed E-state index contributed by atoms with van der Waals surface area (Å²) in [6, 6.07) is 14.3. The third-order valence-electron chi connectivity index (χ3n) is 5.68. The molecule has 2 aromatic carbocycles. The van der Waals surface area contributed by atoms with Crippen LogP contribution in [-0.2, 0) is 4.74 Å². The molecule has 1 fully saturated rings. The van der Waals surface area contributed by atoms with Gasteiger partial charge in [0.2, 0.25) is 0 Å². The number of rotatable bonds is 7. The zero-order valence-electron chi connectivity index (χ0n) is 18.7. The number of aromatic nitrogens is 2. The van der Waals surface area contributed by atoms with Gasteiger partial charge in [0.15, 0.2) is 0 Å². The number of carbonyl (C=O) groups excluding carboxylic acids is 1. The van der Waals surface area contributed by atoms with Gasteiger partial charge in [-0.2, -0.15) is 9.78 Å². The number of ether oxygens (including phenoxy) is 2. The highest BCUT2D eigenvalue weighted by molar-refractivity contribution is 6.32. The monoisotopic (exact) mass is 483 g/mol. The molecule has 1 atom stereocenters. The zero-order valence-corrected chi connectivity index (χ0v) is 19.5. The van der Waals surface area contributed by atoms with Gasteiger partial charge in [-0.15, -0.1) is 0 Å². The Balaban J connectivity index is 1.46. The molecule has 10 heteroatoms. The molecule has 4 rings (SSSR count). The van der Waals surface area contributed by atoms with Gasteiger partial charge in [-0.1, -0.05) is 11.6 Å². The molecule has 3 N–H and O–H groups in total. The highest BCUT2D eigenvalue weighted by atomic mass is 35.5. The molecule has 2 heterocycles. The fraction of sp³-hybridized carbons (Fsp3) is 0.292. The first-order chi connectivity index (χ1) is 16.4. The quantitative estimate of drug-likeness (QED) is 0.523. The Morgan fingerprint density at radius 2 is 1.91 bits per heavy atom. The molecule has 1 aliphatic rings. The van der Waals surface area contributed by atoms with Gasteiger partial charge in [-0.25, -0.2) is 4.79 Å². The van der Waals surface area contributed by atoms with Crippen molar-refractivity contribution < 1.29 is 14.3 Å². The van der Waals surface area contributed by atoms with E-state index in [1.807, 2.05) is 36.2 Å². The summed E-state index contributed by atoms with van der Waals surface area (Å²) in [5.41, 5.74) is 7.53. The van der Waals surface area contributed by atoms with E-state index in [0.717, 1.165) is 30.8 Å². The first-order valence-electron chi connectivity index (χ1n) is 10.9. The SMILES string of the molecule is CN(c1ccc(OC(N)=O)cc1)c1ccc(-n2ncc(NC[C@H]3CCCOC3)c(Cl)c2=O)cc1. The van der Waals surface area contributed by atoms with E-state index in [1.54, 1.807) is 30.5 Å². The van der Waals surface area contributed by atoms with Gasteiger partial charge < -0.3 is 25.4 Å². The largest absolute Gasteiger partial charge is 0.411 e. The van der Waals surface area contributed by atoms with Crippen LogP contribution in [0.15, 0.2) is 59.5 Å². The number of carbonyl (C=O) groups is 1. The molecule has 1 aromatic heterocycles. The van der Waals surface area contributed by atoms with Crippen molar-refractivity contribution in [1.82, 2.24) is 9.78 Å². The molecule has 178 valence electrons. The van der Waals surface area contributed by atoms with Crippen LogP contribution in [0.1, 0.15) is 12.8 Å². The number of amides is 1. The predicted molar refractivity (Wildman–Crippen MR) is 132 cm³/mol. The average Bonchev–Trinajstić information content (AvgIpc) is 2.85. The van der Waals surface area contributed by atoms with Gasteiger partial charge in [0.1, 0.15) is 10.8 Å². The van der Waals surface area contributed by atoms with E-state index in [1.165, 1.54) is 4.68 Å². The number of nitrogens with one attached hydrogen (secondary N) is 1. The summed E-state index contributed by atoms with van der Waals surface area (Å²) in [6.45, 7) is 2.20. The summed E-state index contributed by atoms with van der Waals surface area (Å²) in [5.74, 6) is 0.760. The van der Waals surface area contributed by atoms with Crippen LogP contribution in [0, 0.1) is 5.92 Å². The summed E-state index contributed by atoms with van der Waals surface area (Å²) >= 11 is 6.36. The van der Waals surface area contributed by atoms with E-state index in [4.69, 9.17) is 26.8 Å². The Morgan fingerprint density at radius 3 is 2.53 bits per heavy atom. The number of hydrogen-bond donors (Lipinski definition) is 2. The molecule has 0 saturated carbocycles. The molecule has 9 nitrogen and oxygen atoms in total. The Bertz CT molecular complexity index is 1190. The minimum absolute atomic E-state index is 0.103. The minimum Gasteiger partial charge on any atom is -0.411 e. The van der Waals surface area contributed by atoms with Crippen molar-refractivity contribution in [3.05, 3.63) is 70.1 Å². The second-order valence-electron chi connectivity index (χ2n) is 8.04. The fourth-order valence-electron chi connectivity index (χ4n) is 3.78. The summed E-state index contributed by atoms with van der Waals surface area (Å²) in [6.07, 6.45) is 2.84. The number of halogens is 1. The van der Waals surface area contributed by atoms with Gasteiger partial charge >= 0.3 is 6.09 Å². The van der Waals surface area contributed by atoms with Crippen LogP contribution < -0.4 is 26.2 Å². The zero-order chi connectivity index (χ0) is 24.1. The molecule has 0 bridgehead atoms. The van der Waals surface area contributed by atoms with Crippen LogP contribution in [0.2, 0.25) is 5.02 Å². The molecule has 0 unspecified atom stereocenters. The lowest BCUT2D eigenvalue weighted by Crippen LogP contribution is -2.26. The highest BCUT2D eigenvalue weighted by Gasteiger charge is 2.16. The maximum Gasteiger partial charge on any atom is 0.409 e. The molecular weight excluding hydrogens is 458 g/mol. The van der Waals surface area contributed by atoms with Crippen molar-refractivity contribution in [2.75, 3.05) is 37.0 Å². The van der Waals surface area contributed by atoms with E-state index in [9.17, 15) is 9.59 Å². The summed E-state index contributed by atoms with van der Waals surface area (Å²) in [4.78, 5) is 25.6. The Morgan fingerprint density at radius 1 is 1.24 bits per heavy atom. The summed E-state index contributed by atoms with van der Waals surface area (Å²) < 4.78 is 11.6. The molecule has 0 radical (unpaired) electrons. The van der Waals surface area contributed by atoms with Crippen LogP contribution in [0.4, 0.5) is 21.9 Å². The van der Waals surface area contributed by atoms with Crippen molar-refractivity contribution in [2.45, 2.75) is 12.8 Å². The first-order valence-corrected chi connectivity index (χ1v) is 11.3. The predicted octanol–water partition coefficient (Wildman–Crippen LogP) is 3.95. The number of benzene rings is 2. The van der Waals surface area contributed by atoms with Crippen molar-refractivity contribution in [3.8, 4) is 11.4 Å². The fourth-order valence-corrected chi connectivity index (χ4v) is 3.98. The Hall–Kier alpha value is -3.56. The van der Waals surface area contributed by atoms with Crippen LogP contribution >= 0.6 is 11.6 Å². The normalized spacial score (nSPS) is 15.5. The van der Waals surface area contributed by atoms with Crippen molar-refractivity contribution in [1.29, 1.82) is 0 Å². The van der Waals surface area contributed by atoms with E-state index >= 15 is 0 Å². The van der Waals surface area contributed by atoms with E-state index in [0.29, 0.717) is 36.2 Å². The molecule has 0 spiro atoms.